The fraction of sp³-hybridized carbons (Fsp3) is 0.500. The number of nitrogens with one attached hydrogen (secondary N) is 2. The molecular formula is C18H26N4O2S. The number of aromatic nitrogens is 3. The first kappa shape index (κ1) is 19.3. The molecule has 1 aromatic heterocycles. The van der Waals surface area contributed by atoms with Crippen LogP contribution in [0.5, 0.6) is 0 Å². The zero-order valence-electron chi connectivity index (χ0n) is 15.3. The Labute approximate surface area is 152 Å². The molecule has 136 valence electrons. The van der Waals surface area contributed by atoms with Gasteiger partial charge in [0.15, 0.2) is 5.16 Å². The highest BCUT2D eigenvalue weighted by Gasteiger charge is 2.14. The molecule has 0 bridgehead atoms. The minimum Gasteiger partial charge on any atom is -0.325 e. The molecule has 0 saturated carbocycles. The summed E-state index contributed by atoms with van der Waals surface area (Å²) in [4.78, 5) is 24.2. The molecular weight excluding hydrogens is 336 g/mol. The van der Waals surface area contributed by atoms with Crippen LogP contribution in [0.4, 0.5) is 5.69 Å². The second kappa shape index (κ2) is 8.89. The fourth-order valence-corrected chi connectivity index (χ4v) is 3.35. The van der Waals surface area contributed by atoms with Gasteiger partial charge in [0.2, 0.25) is 5.91 Å². The molecule has 0 aliphatic heterocycles. The van der Waals surface area contributed by atoms with Gasteiger partial charge in [0.05, 0.1) is 5.75 Å². The van der Waals surface area contributed by atoms with Gasteiger partial charge in [-0.2, -0.15) is 0 Å². The number of aromatic amines is 1. The van der Waals surface area contributed by atoms with E-state index in [0.717, 1.165) is 29.7 Å². The van der Waals surface area contributed by atoms with Gasteiger partial charge in [0.1, 0.15) is 0 Å². The van der Waals surface area contributed by atoms with Gasteiger partial charge in [-0.15, -0.1) is 5.10 Å². The first-order chi connectivity index (χ1) is 11.9. The van der Waals surface area contributed by atoms with E-state index in [1.54, 1.807) is 4.57 Å². The van der Waals surface area contributed by atoms with E-state index >= 15 is 0 Å². The maximum Gasteiger partial charge on any atom is 0.343 e. The standard InChI is InChI=1S/C18H26N4O2S/c1-5-6-10-22-17(24)20-21-18(22)25-11-15(23)19-16-13(4)8-7-9-14(16)12(2)3/h7-9,12H,5-6,10-11H2,1-4H3,(H,19,23)(H,20,24). The number of para-hydroxylation sites is 1. The van der Waals surface area contributed by atoms with Crippen molar-refractivity contribution >= 4 is 23.4 Å². The van der Waals surface area contributed by atoms with Gasteiger partial charge in [-0.1, -0.05) is 57.2 Å². The molecule has 0 fully saturated rings. The highest BCUT2D eigenvalue weighted by molar-refractivity contribution is 7.99. The predicted molar refractivity (Wildman–Crippen MR) is 102 cm³/mol. The van der Waals surface area contributed by atoms with Gasteiger partial charge >= 0.3 is 5.69 Å². The van der Waals surface area contributed by atoms with Crippen LogP contribution < -0.4 is 11.0 Å². The van der Waals surface area contributed by atoms with Crippen molar-refractivity contribution in [1.82, 2.24) is 14.8 Å². The molecule has 0 unspecified atom stereocenters. The van der Waals surface area contributed by atoms with Gasteiger partial charge < -0.3 is 5.32 Å². The van der Waals surface area contributed by atoms with E-state index in [2.05, 4.69) is 36.3 Å². The molecule has 1 aromatic carbocycles. The molecule has 0 atom stereocenters. The normalized spacial score (nSPS) is 11.1. The average molecular weight is 362 g/mol. The molecule has 0 saturated heterocycles. The minimum atomic E-state index is -0.225. The molecule has 25 heavy (non-hydrogen) atoms. The van der Waals surface area contributed by atoms with Crippen molar-refractivity contribution in [3.8, 4) is 0 Å². The molecule has 7 heteroatoms. The highest BCUT2D eigenvalue weighted by Crippen LogP contribution is 2.27. The van der Waals surface area contributed by atoms with Crippen LogP contribution in [-0.4, -0.2) is 26.4 Å². The van der Waals surface area contributed by atoms with Crippen molar-refractivity contribution in [2.45, 2.75) is 58.2 Å². The van der Waals surface area contributed by atoms with E-state index in [0.29, 0.717) is 17.6 Å². The van der Waals surface area contributed by atoms with Crippen molar-refractivity contribution in [1.29, 1.82) is 0 Å². The zero-order chi connectivity index (χ0) is 18.4. The number of unbranched alkanes of at least 4 members (excludes halogenated alkanes) is 1. The van der Waals surface area contributed by atoms with E-state index in [1.807, 2.05) is 25.1 Å². The molecule has 6 nitrogen and oxygen atoms in total. The van der Waals surface area contributed by atoms with Gasteiger partial charge in [-0.05, 0) is 30.4 Å². The Kier molecular flexibility index (Phi) is 6.87. The first-order valence-electron chi connectivity index (χ1n) is 8.61. The largest absolute Gasteiger partial charge is 0.343 e. The monoisotopic (exact) mass is 362 g/mol. The molecule has 1 heterocycles. The number of H-pyrrole nitrogens is 1. The lowest BCUT2D eigenvalue weighted by Crippen LogP contribution is -2.19. The molecule has 2 rings (SSSR count). The Balaban J connectivity index is 2.04. The number of nitrogens with zero attached hydrogens (tertiary/aromatic N) is 2. The number of rotatable bonds is 8. The maximum absolute atomic E-state index is 12.4. The number of hydrogen-bond donors (Lipinski definition) is 2. The second-order valence-electron chi connectivity index (χ2n) is 6.35. The lowest BCUT2D eigenvalue weighted by molar-refractivity contribution is -0.113. The quantitative estimate of drug-likeness (QED) is 0.704. The van der Waals surface area contributed by atoms with Crippen LogP contribution in [0.15, 0.2) is 28.2 Å². The van der Waals surface area contributed by atoms with E-state index in [9.17, 15) is 9.59 Å². The molecule has 0 aliphatic carbocycles. The summed E-state index contributed by atoms with van der Waals surface area (Å²) in [6.07, 6.45) is 1.90. The third kappa shape index (κ3) is 4.98. The summed E-state index contributed by atoms with van der Waals surface area (Å²) in [7, 11) is 0. The molecule has 0 radical (unpaired) electrons. The summed E-state index contributed by atoms with van der Waals surface area (Å²) in [6.45, 7) is 8.89. The number of thioether (sulfide) groups is 1. The van der Waals surface area contributed by atoms with E-state index in [-0.39, 0.29) is 17.3 Å². The SMILES string of the molecule is CCCCn1c(SCC(=O)Nc2c(C)cccc2C(C)C)n[nH]c1=O. The third-order valence-electron chi connectivity index (χ3n) is 3.98. The molecule has 0 spiro atoms. The summed E-state index contributed by atoms with van der Waals surface area (Å²) in [5.41, 5.74) is 2.83. The number of aryl methyl sites for hydroxylation is 1. The summed E-state index contributed by atoms with van der Waals surface area (Å²) in [5.74, 6) is 0.439. The van der Waals surface area contributed by atoms with E-state index < -0.39 is 0 Å². The topological polar surface area (TPSA) is 79.8 Å². The number of carbonyl (C=O) groups is 1. The molecule has 2 N–H and O–H groups in total. The summed E-state index contributed by atoms with van der Waals surface area (Å²) < 4.78 is 1.59. The van der Waals surface area contributed by atoms with Crippen LogP contribution in [-0.2, 0) is 11.3 Å². The van der Waals surface area contributed by atoms with Crippen molar-refractivity contribution < 1.29 is 4.79 Å². The van der Waals surface area contributed by atoms with Crippen molar-refractivity contribution in [2.75, 3.05) is 11.1 Å². The minimum absolute atomic E-state index is 0.0984. The van der Waals surface area contributed by atoms with Crippen LogP contribution in [0.3, 0.4) is 0 Å². The summed E-state index contributed by atoms with van der Waals surface area (Å²) in [6, 6.07) is 6.03. The van der Waals surface area contributed by atoms with Crippen molar-refractivity contribution in [2.24, 2.45) is 0 Å². The number of benzene rings is 1. The van der Waals surface area contributed by atoms with E-state index in [1.165, 1.54) is 11.8 Å². The Morgan fingerprint density at radius 3 is 2.84 bits per heavy atom. The average Bonchev–Trinajstić information content (AvgIpc) is 2.92. The van der Waals surface area contributed by atoms with Gasteiger partial charge in [-0.25, -0.2) is 9.89 Å². The van der Waals surface area contributed by atoms with Gasteiger partial charge in [0, 0.05) is 12.2 Å². The first-order valence-corrected chi connectivity index (χ1v) is 9.60. The third-order valence-corrected chi connectivity index (χ3v) is 4.96. The van der Waals surface area contributed by atoms with Crippen LogP contribution in [0, 0.1) is 6.92 Å². The highest BCUT2D eigenvalue weighted by atomic mass is 32.2. The number of carbonyl (C=O) groups excluding carboxylic acids is 1. The number of hydrogen-bond acceptors (Lipinski definition) is 4. The molecule has 1 amide bonds. The predicted octanol–water partition coefficient (Wildman–Crippen LogP) is 3.53. The zero-order valence-corrected chi connectivity index (χ0v) is 16.1. The van der Waals surface area contributed by atoms with Crippen molar-refractivity contribution in [3.05, 3.63) is 39.8 Å². The summed E-state index contributed by atoms with van der Waals surface area (Å²) in [5, 5.41) is 10.0. The lowest BCUT2D eigenvalue weighted by atomic mass is 9.98. The Hall–Kier alpha value is -2.02. The van der Waals surface area contributed by atoms with Crippen LogP contribution in [0.2, 0.25) is 0 Å². The second-order valence-corrected chi connectivity index (χ2v) is 7.29. The Bertz CT molecular complexity index is 780. The summed E-state index contributed by atoms with van der Waals surface area (Å²) >= 11 is 1.27. The Morgan fingerprint density at radius 2 is 2.16 bits per heavy atom. The van der Waals surface area contributed by atoms with Crippen LogP contribution >= 0.6 is 11.8 Å². The Morgan fingerprint density at radius 1 is 1.40 bits per heavy atom. The molecule has 0 aliphatic rings. The van der Waals surface area contributed by atoms with E-state index in [4.69, 9.17) is 0 Å². The molecule has 2 aromatic rings. The lowest BCUT2D eigenvalue weighted by Gasteiger charge is -2.16. The number of anilines is 1. The van der Waals surface area contributed by atoms with Crippen LogP contribution in [0.25, 0.3) is 0 Å². The van der Waals surface area contributed by atoms with Gasteiger partial charge in [-0.3, -0.25) is 9.36 Å². The maximum atomic E-state index is 12.4. The fourth-order valence-electron chi connectivity index (χ4n) is 2.57. The number of amides is 1. The van der Waals surface area contributed by atoms with Gasteiger partial charge in [0.25, 0.3) is 0 Å². The van der Waals surface area contributed by atoms with Crippen molar-refractivity contribution in [3.63, 3.8) is 0 Å². The smallest absolute Gasteiger partial charge is 0.325 e. The van der Waals surface area contributed by atoms with Crippen LogP contribution in [0.1, 0.15) is 50.7 Å².